The highest BCUT2D eigenvalue weighted by Crippen LogP contribution is 2.23. The summed E-state index contributed by atoms with van der Waals surface area (Å²) in [5.41, 5.74) is 3.88. The van der Waals surface area contributed by atoms with E-state index >= 15 is 0 Å². The molecule has 6 heteroatoms. The second-order valence-corrected chi connectivity index (χ2v) is 5.77. The van der Waals surface area contributed by atoms with Crippen molar-refractivity contribution in [1.29, 1.82) is 0 Å². The third-order valence-electron chi connectivity index (χ3n) is 3.65. The average Bonchev–Trinajstić information content (AvgIpc) is 2.51. The smallest absolute Gasteiger partial charge is 0.269 e. The van der Waals surface area contributed by atoms with E-state index in [2.05, 4.69) is 5.32 Å². The van der Waals surface area contributed by atoms with Crippen LogP contribution in [0, 0.1) is 30.9 Å². The maximum absolute atomic E-state index is 12.3. The van der Waals surface area contributed by atoms with Crippen LogP contribution in [0.2, 0.25) is 0 Å². The molecule has 2 rings (SSSR count). The average molecular weight is 328 g/mol. The predicted octanol–water partition coefficient (Wildman–Crippen LogP) is 3.93. The normalized spacial score (nSPS) is 11.7. The molecule has 0 aliphatic carbocycles. The van der Waals surface area contributed by atoms with E-state index in [0.717, 1.165) is 22.4 Å². The number of anilines is 1. The van der Waals surface area contributed by atoms with E-state index in [1.807, 2.05) is 32.9 Å². The number of ether oxygens (including phenoxy) is 1. The number of non-ortho nitro benzene ring substituents is 1. The zero-order valence-electron chi connectivity index (χ0n) is 14.1. The van der Waals surface area contributed by atoms with Gasteiger partial charge in [-0.2, -0.15) is 0 Å². The van der Waals surface area contributed by atoms with E-state index < -0.39 is 11.0 Å². The standard InChI is InChI=1S/C18H20N2O4/c1-11-9-12(2)17(13(3)10-11)19-18(21)14(4)24-16-7-5-15(6-8-16)20(22)23/h5-10,14H,1-4H3,(H,19,21)/t14-/m1/s1. The maximum atomic E-state index is 12.3. The van der Waals surface area contributed by atoms with Crippen molar-refractivity contribution in [2.45, 2.75) is 33.8 Å². The molecule has 0 radical (unpaired) electrons. The first-order valence-corrected chi connectivity index (χ1v) is 7.57. The van der Waals surface area contributed by atoms with Crippen LogP contribution < -0.4 is 10.1 Å². The molecule has 0 bridgehead atoms. The lowest BCUT2D eigenvalue weighted by Gasteiger charge is -2.17. The Kier molecular flexibility index (Phi) is 5.18. The third kappa shape index (κ3) is 4.10. The van der Waals surface area contributed by atoms with Gasteiger partial charge in [0, 0.05) is 17.8 Å². The highest BCUT2D eigenvalue weighted by atomic mass is 16.6. The lowest BCUT2D eigenvalue weighted by atomic mass is 10.0. The Morgan fingerprint density at radius 3 is 2.17 bits per heavy atom. The summed E-state index contributed by atoms with van der Waals surface area (Å²) in [6, 6.07) is 9.64. The number of rotatable bonds is 5. The fourth-order valence-electron chi connectivity index (χ4n) is 2.51. The second kappa shape index (κ2) is 7.12. The predicted molar refractivity (Wildman–Crippen MR) is 92.5 cm³/mol. The van der Waals surface area contributed by atoms with E-state index in [1.165, 1.54) is 24.3 Å². The van der Waals surface area contributed by atoms with Crippen molar-refractivity contribution in [1.82, 2.24) is 0 Å². The van der Waals surface area contributed by atoms with Gasteiger partial charge in [-0.25, -0.2) is 0 Å². The first-order valence-electron chi connectivity index (χ1n) is 7.57. The van der Waals surface area contributed by atoms with Crippen molar-refractivity contribution in [3.05, 3.63) is 63.2 Å². The minimum Gasteiger partial charge on any atom is -0.481 e. The van der Waals surface area contributed by atoms with Crippen molar-refractivity contribution in [3.8, 4) is 5.75 Å². The van der Waals surface area contributed by atoms with E-state index in [4.69, 9.17) is 4.74 Å². The third-order valence-corrected chi connectivity index (χ3v) is 3.65. The van der Waals surface area contributed by atoms with E-state index in [9.17, 15) is 14.9 Å². The van der Waals surface area contributed by atoms with Gasteiger partial charge in [0.05, 0.1) is 4.92 Å². The Bertz CT molecular complexity index is 746. The number of carbonyl (C=O) groups excluding carboxylic acids is 1. The van der Waals surface area contributed by atoms with Crippen LogP contribution in [-0.4, -0.2) is 16.9 Å². The molecule has 2 aromatic carbocycles. The lowest BCUT2D eigenvalue weighted by Crippen LogP contribution is -2.30. The number of nitrogens with zero attached hydrogens (tertiary/aromatic N) is 1. The quantitative estimate of drug-likeness (QED) is 0.666. The van der Waals surface area contributed by atoms with E-state index in [-0.39, 0.29) is 11.6 Å². The molecule has 0 saturated heterocycles. The number of hydrogen-bond donors (Lipinski definition) is 1. The van der Waals surface area contributed by atoms with Crippen LogP contribution in [0.3, 0.4) is 0 Å². The van der Waals surface area contributed by atoms with Crippen LogP contribution in [0.1, 0.15) is 23.6 Å². The van der Waals surface area contributed by atoms with Crippen LogP contribution >= 0.6 is 0 Å². The van der Waals surface area contributed by atoms with Gasteiger partial charge in [-0.3, -0.25) is 14.9 Å². The number of benzene rings is 2. The summed E-state index contributed by atoms with van der Waals surface area (Å²) in [5.74, 6) is 0.129. The van der Waals surface area contributed by atoms with Gasteiger partial charge in [0.1, 0.15) is 5.75 Å². The molecule has 0 spiro atoms. The summed E-state index contributed by atoms with van der Waals surface area (Å²) in [6.07, 6.45) is -0.730. The van der Waals surface area contributed by atoms with Gasteiger partial charge in [-0.15, -0.1) is 0 Å². The van der Waals surface area contributed by atoms with Crippen molar-refractivity contribution in [3.63, 3.8) is 0 Å². The molecule has 0 aliphatic heterocycles. The largest absolute Gasteiger partial charge is 0.481 e. The molecule has 1 N–H and O–H groups in total. The van der Waals surface area contributed by atoms with Gasteiger partial charge in [-0.05, 0) is 51.0 Å². The zero-order chi connectivity index (χ0) is 17.9. The van der Waals surface area contributed by atoms with Crippen LogP contribution in [-0.2, 0) is 4.79 Å². The van der Waals surface area contributed by atoms with Gasteiger partial charge < -0.3 is 10.1 Å². The van der Waals surface area contributed by atoms with Crippen LogP contribution in [0.15, 0.2) is 36.4 Å². The number of nitro groups is 1. The highest BCUT2D eigenvalue weighted by molar-refractivity contribution is 5.95. The van der Waals surface area contributed by atoms with Crippen molar-refractivity contribution in [2.75, 3.05) is 5.32 Å². The van der Waals surface area contributed by atoms with Crippen LogP contribution in [0.5, 0.6) is 5.75 Å². The summed E-state index contributed by atoms with van der Waals surface area (Å²) in [7, 11) is 0. The van der Waals surface area contributed by atoms with Gasteiger partial charge >= 0.3 is 0 Å². The molecule has 0 heterocycles. The number of nitrogens with one attached hydrogen (secondary N) is 1. The van der Waals surface area contributed by atoms with Crippen molar-refractivity contribution >= 4 is 17.3 Å². The Morgan fingerprint density at radius 2 is 1.67 bits per heavy atom. The first kappa shape index (κ1) is 17.5. The van der Waals surface area contributed by atoms with Gasteiger partial charge in [-0.1, -0.05) is 17.7 Å². The molecule has 126 valence electrons. The highest BCUT2D eigenvalue weighted by Gasteiger charge is 2.17. The monoisotopic (exact) mass is 328 g/mol. The van der Waals surface area contributed by atoms with Crippen LogP contribution in [0.25, 0.3) is 0 Å². The summed E-state index contributed by atoms with van der Waals surface area (Å²) in [4.78, 5) is 22.5. The molecule has 6 nitrogen and oxygen atoms in total. The fourth-order valence-corrected chi connectivity index (χ4v) is 2.51. The molecule has 24 heavy (non-hydrogen) atoms. The molecule has 0 aromatic heterocycles. The number of carbonyl (C=O) groups is 1. The fraction of sp³-hybridized carbons (Fsp3) is 0.278. The molecule has 0 fully saturated rings. The summed E-state index contributed by atoms with van der Waals surface area (Å²) in [6.45, 7) is 7.52. The van der Waals surface area contributed by atoms with Crippen molar-refractivity contribution < 1.29 is 14.5 Å². The number of amides is 1. The Balaban J connectivity index is 2.06. The van der Waals surface area contributed by atoms with Gasteiger partial charge in [0.15, 0.2) is 6.10 Å². The van der Waals surface area contributed by atoms with Crippen molar-refractivity contribution in [2.24, 2.45) is 0 Å². The molecular weight excluding hydrogens is 308 g/mol. The van der Waals surface area contributed by atoms with Gasteiger partial charge in [0.25, 0.3) is 11.6 Å². The minimum atomic E-state index is -0.730. The Hall–Kier alpha value is -2.89. The molecular formula is C18H20N2O4. The molecule has 0 aliphatic rings. The Labute approximate surface area is 140 Å². The summed E-state index contributed by atoms with van der Waals surface area (Å²) >= 11 is 0. The van der Waals surface area contributed by atoms with Crippen LogP contribution in [0.4, 0.5) is 11.4 Å². The van der Waals surface area contributed by atoms with Gasteiger partial charge in [0.2, 0.25) is 0 Å². The molecule has 0 saturated carbocycles. The molecule has 0 unspecified atom stereocenters. The molecule has 1 atom stereocenters. The number of hydrogen-bond acceptors (Lipinski definition) is 4. The minimum absolute atomic E-state index is 0.0228. The lowest BCUT2D eigenvalue weighted by molar-refractivity contribution is -0.384. The number of nitro benzene ring substituents is 1. The number of aryl methyl sites for hydroxylation is 3. The SMILES string of the molecule is Cc1cc(C)c(NC(=O)[C@@H](C)Oc2ccc([N+](=O)[O-])cc2)c(C)c1. The van der Waals surface area contributed by atoms with E-state index in [0.29, 0.717) is 5.75 Å². The molecule has 2 aromatic rings. The first-order chi connectivity index (χ1) is 11.3. The van der Waals surface area contributed by atoms with E-state index in [1.54, 1.807) is 6.92 Å². The zero-order valence-corrected chi connectivity index (χ0v) is 14.1. The topological polar surface area (TPSA) is 81.5 Å². The maximum Gasteiger partial charge on any atom is 0.269 e. The second-order valence-electron chi connectivity index (χ2n) is 5.77. The summed E-state index contributed by atoms with van der Waals surface area (Å²) in [5, 5.41) is 13.5. The summed E-state index contributed by atoms with van der Waals surface area (Å²) < 4.78 is 5.55. The molecule has 1 amide bonds. The Morgan fingerprint density at radius 1 is 1.12 bits per heavy atom.